The monoisotopic (exact) mass is 477 g/mol. The summed E-state index contributed by atoms with van der Waals surface area (Å²) in [5.74, 6) is 2.06. The van der Waals surface area contributed by atoms with Crippen molar-refractivity contribution in [1.29, 1.82) is 0 Å². The van der Waals surface area contributed by atoms with Gasteiger partial charge in [0, 0.05) is 12.5 Å². The highest BCUT2D eigenvalue weighted by atomic mass is 35.5. The predicted molar refractivity (Wildman–Crippen MR) is 121 cm³/mol. The molecule has 4 fully saturated rings. The second-order valence-electron chi connectivity index (χ2n) is 10.7. The molecule has 1 N–H and O–H groups in total. The third kappa shape index (κ3) is 3.03. The Hall–Kier alpha value is -1.44. The van der Waals surface area contributed by atoms with Crippen molar-refractivity contribution < 1.29 is 9.53 Å². The first-order chi connectivity index (χ1) is 15.3. The van der Waals surface area contributed by atoms with Crippen molar-refractivity contribution in [2.45, 2.75) is 83.1 Å². The van der Waals surface area contributed by atoms with E-state index in [9.17, 15) is 4.79 Å². The van der Waals surface area contributed by atoms with Crippen LogP contribution in [0.15, 0.2) is 6.33 Å². The highest BCUT2D eigenvalue weighted by Gasteiger charge is 2.59. The van der Waals surface area contributed by atoms with E-state index in [0.717, 1.165) is 38.5 Å². The van der Waals surface area contributed by atoms with E-state index in [0.29, 0.717) is 41.4 Å². The van der Waals surface area contributed by atoms with Gasteiger partial charge < -0.3 is 10.1 Å². The van der Waals surface area contributed by atoms with Gasteiger partial charge in [0.1, 0.15) is 11.7 Å². The van der Waals surface area contributed by atoms with Crippen molar-refractivity contribution in [3.8, 4) is 0 Å². The van der Waals surface area contributed by atoms with Crippen LogP contribution in [0.1, 0.15) is 71.4 Å². The van der Waals surface area contributed by atoms with Crippen LogP contribution >= 0.6 is 23.2 Å². The molecule has 0 aromatic carbocycles. The number of rotatable bonds is 1. The Morgan fingerprint density at radius 2 is 1.94 bits per heavy atom. The average molecular weight is 478 g/mol. The van der Waals surface area contributed by atoms with Crippen LogP contribution in [-0.4, -0.2) is 37.1 Å². The van der Waals surface area contributed by atoms with Crippen LogP contribution < -0.4 is 5.32 Å². The number of nitrogens with zero attached hydrogens (tertiary/aromatic N) is 4. The summed E-state index contributed by atoms with van der Waals surface area (Å²) in [6.45, 7) is 4.72. The minimum atomic E-state index is -0.178. The van der Waals surface area contributed by atoms with Crippen LogP contribution in [0.2, 0.25) is 10.4 Å². The molecule has 0 bridgehead atoms. The Labute approximate surface area is 197 Å². The van der Waals surface area contributed by atoms with Gasteiger partial charge in [0.15, 0.2) is 10.8 Å². The lowest BCUT2D eigenvalue weighted by Crippen LogP contribution is -2.63. The van der Waals surface area contributed by atoms with Gasteiger partial charge in [0.25, 0.3) is 0 Å². The fourth-order valence-electron chi connectivity index (χ4n) is 7.61. The first-order valence-corrected chi connectivity index (χ1v) is 12.6. The quantitative estimate of drug-likeness (QED) is 0.465. The Bertz CT molecular complexity index is 1090. The number of carbonyl (C=O) groups excluding carboxylic acids is 1. The molecule has 4 heterocycles. The van der Waals surface area contributed by atoms with Gasteiger partial charge in [-0.3, -0.25) is 9.36 Å². The molecule has 2 aromatic rings. The topological polar surface area (TPSA) is 81.9 Å². The van der Waals surface area contributed by atoms with Crippen molar-refractivity contribution in [2.75, 3.05) is 0 Å². The first kappa shape index (κ1) is 21.1. The van der Waals surface area contributed by atoms with Gasteiger partial charge >= 0.3 is 0 Å². The lowest BCUT2D eigenvalue weighted by atomic mass is 9.48. The van der Waals surface area contributed by atoms with Crippen molar-refractivity contribution >= 4 is 40.3 Å². The van der Waals surface area contributed by atoms with Crippen LogP contribution in [0.4, 0.5) is 0 Å². The summed E-state index contributed by atoms with van der Waals surface area (Å²) in [6.07, 6.45) is 9.75. The standard InChI is InChI=1S/C23H29Cl2N5O2/c1-22-9-8-16(31)27-15(22)5-3-12-13(22)7-10-23(2)14(12)4-6-17(32-23)30-11-26-18-19(24)28-21(25)29-20(18)30/h11-15,17H,3-10H2,1-2H3,(H,27,31)/t12-,13+,14+,15-,17+,22-,23+/m1/s1. The maximum Gasteiger partial charge on any atom is 0.225 e. The van der Waals surface area contributed by atoms with Crippen molar-refractivity contribution in [2.24, 2.45) is 23.2 Å². The number of ether oxygens (including phenoxy) is 1. The molecule has 9 heteroatoms. The molecule has 172 valence electrons. The molecule has 0 unspecified atom stereocenters. The van der Waals surface area contributed by atoms with Gasteiger partial charge in [-0.1, -0.05) is 18.5 Å². The largest absolute Gasteiger partial charge is 0.353 e. The summed E-state index contributed by atoms with van der Waals surface area (Å²) in [6, 6.07) is 0.332. The second-order valence-corrected chi connectivity index (χ2v) is 11.4. The number of carbonyl (C=O) groups is 1. The molecule has 32 heavy (non-hydrogen) atoms. The molecule has 4 aliphatic rings. The van der Waals surface area contributed by atoms with Crippen molar-refractivity contribution in [3.63, 3.8) is 0 Å². The minimum Gasteiger partial charge on any atom is -0.353 e. The van der Waals surface area contributed by atoms with E-state index in [4.69, 9.17) is 27.9 Å². The number of piperidine rings is 1. The van der Waals surface area contributed by atoms with Crippen molar-refractivity contribution in [3.05, 3.63) is 16.8 Å². The summed E-state index contributed by atoms with van der Waals surface area (Å²) in [4.78, 5) is 24.8. The van der Waals surface area contributed by atoms with Crippen LogP contribution in [-0.2, 0) is 9.53 Å². The zero-order chi connectivity index (χ0) is 22.3. The molecular formula is C23H29Cl2N5O2. The van der Waals surface area contributed by atoms with Crippen LogP contribution in [0.3, 0.4) is 0 Å². The molecule has 2 aliphatic carbocycles. The molecule has 7 nitrogen and oxygen atoms in total. The van der Waals surface area contributed by atoms with E-state index in [2.05, 4.69) is 34.1 Å². The first-order valence-electron chi connectivity index (χ1n) is 11.8. The SMILES string of the molecule is C[C@]12CCC(=O)N[C@@H]1CC[C@@H]1[C@@H]2CC[C@]2(C)O[C@H](n3cnc4c(Cl)nc(Cl)nc43)CC[C@@H]12. The summed E-state index contributed by atoms with van der Waals surface area (Å²) in [5.41, 5.74) is 1.21. The fourth-order valence-corrected chi connectivity index (χ4v) is 8.03. The highest BCUT2D eigenvalue weighted by Crippen LogP contribution is 2.61. The van der Waals surface area contributed by atoms with Crippen LogP contribution in [0.5, 0.6) is 0 Å². The smallest absolute Gasteiger partial charge is 0.225 e. The molecule has 6 rings (SSSR count). The minimum absolute atomic E-state index is 0.120. The molecule has 2 aromatic heterocycles. The summed E-state index contributed by atoms with van der Waals surface area (Å²) in [5, 5.41) is 3.70. The average Bonchev–Trinajstić information content (AvgIpc) is 3.17. The number of imidazole rings is 1. The molecule has 7 atom stereocenters. The highest BCUT2D eigenvalue weighted by molar-refractivity contribution is 6.35. The van der Waals surface area contributed by atoms with E-state index < -0.39 is 0 Å². The molecule has 2 saturated carbocycles. The Morgan fingerprint density at radius 1 is 1.09 bits per heavy atom. The fraction of sp³-hybridized carbons (Fsp3) is 0.739. The van der Waals surface area contributed by atoms with Crippen LogP contribution in [0, 0.1) is 23.2 Å². The molecule has 1 amide bonds. The molecular weight excluding hydrogens is 449 g/mol. The number of hydrogen-bond donors (Lipinski definition) is 1. The zero-order valence-electron chi connectivity index (χ0n) is 18.5. The van der Waals surface area contributed by atoms with E-state index in [1.165, 1.54) is 6.42 Å². The van der Waals surface area contributed by atoms with Gasteiger partial charge in [-0.05, 0) is 86.6 Å². The molecule has 0 radical (unpaired) electrons. The second kappa shape index (κ2) is 7.28. The van der Waals surface area contributed by atoms with Gasteiger partial charge in [-0.2, -0.15) is 4.98 Å². The number of hydrogen-bond acceptors (Lipinski definition) is 5. The maximum atomic E-state index is 12.0. The third-order valence-corrected chi connectivity index (χ3v) is 9.65. The van der Waals surface area contributed by atoms with Gasteiger partial charge in [-0.15, -0.1) is 0 Å². The van der Waals surface area contributed by atoms with Gasteiger partial charge in [-0.25, -0.2) is 9.97 Å². The van der Waals surface area contributed by atoms with E-state index in [1.807, 2.05) is 4.57 Å². The number of nitrogens with one attached hydrogen (secondary N) is 1. The van der Waals surface area contributed by atoms with E-state index in [1.54, 1.807) is 6.33 Å². The van der Waals surface area contributed by atoms with E-state index >= 15 is 0 Å². The number of amides is 1. The number of halogens is 2. The maximum absolute atomic E-state index is 12.0. The Balaban J connectivity index is 1.27. The predicted octanol–water partition coefficient (Wildman–Crippen LogP) is 4.92. The molecule has 2 aliphatic heterocycles. The number of fused-ring (bicyclic) bond motifs is 6. The number of aromatic nitrogens is 4. The normalized spacial score (nSPS) is 41.5. The third-order valence-electron chi connectivity index (χ3n) is 9.22. The van der Waals surface area contributed by atoms with Crippen molar-refractivity contribution in [1.82, 2.24) is 24.8 Å². The Kier molecular flexibility index (Phi) is 4.80. The lowest BCUT2D eigenvalue weighted by molar-refractivity contribution is -0.231. The zero-order valence-corrected chi connectivity index (χ0v) is 20.0. The molecule has 2 saturated heterocycles. The summed E-state index contributed by atoms with van der Waals surface area (Å²) >= 11 is 12.3. The Morgan fingerprint density at radius 3 is 2.78 bits per heavy atom. The summed E-state index contributed by atoms with van der Waals surface area (Å²) in [7, 11) is 0. The van der Waals surface area contributed by atoms with Gasteiger partial charge in [0.05, 0.1) is 11.9 Å². The van der Waals surface area contributed by atoms with E-state index in [-0.39, 0.29) is 33.6 Å². The van der Waals surface area contributed by atoms with Gasteiger partial charge in [0.2, 0.25) is 11.2 Å². The summed E-state index contributed by atoms with van der Waals surface area (Å²) < 4.78 is 8.82. The molecule has 0 spiro atoms. The van der Waals surface area contributed by atoms with Crippen LogP contribution in [0.25, 0.3) is 11.2 Å². The lowest BCUT2D eigenvalue weighted by Gasteiger charge is -2.62.